The SMILES string of the molecule is C=C(C)C(=O)OOC(C)OCc1ccccc1. The summed E-state index contributed by atoms with van der Waals surface area (Å²) in [5.41, 5.74) is 1.30. The van der Waals surface area contributed by atoms with Crippen molar-refractivity contribution in [2.45, 2.75) is 26.7 Å². The Morgan fingerprint density at radius 2 is 2.00 bits per heavy atom. The molecule has 0 saturated carbocycles. The van der Waals surface area contributed by atoms with Gasteiger partial charge in [0.05, 0.1) is 6.61 Å². The summed E-state index contributed by atoms with van der Waals surface area (Å²) < 4.78 is 5.33. The molecule has 0 aliphatic heterocycles. The fourth-order valence-electron chi connectivity index (χ4n) is 0.998. The average Bonchev–Trinajstić information content (AvgIpc) is 2.34. The molecule has 0 radical (unpaired) electrons. The third kappa shape index (κ3) is 5.29. The van der Waals surface area contributed by atoms with Crippen LogP contribution in [0.15, 0.2) is 42.5 Å². The Bertz CT molecular complexity index is 372. The number of benzene rings is 1. The number of hydrogen-bond donors (Lipinski definition) is 0. The van der Waals surface area contributed by atoms with Crippen molar-refractivity contribution >= 4 is 5.97 Å². The zero-order valence-electron chi connectivity index (χ0n) is 10.0. The summed E-state index contributed by atoms with van der Waals surface area (Å²) in [4.78, 5) is 20.3. The lowest BCUT2D eigenvalue weighted by molar-refractivity contribution is -0.346. The molecule has 4 nitrogen and oxygen atoms in total. The van der Waals surface area contributed by atoms with Crippen LogP contribution in [-0.4, -0.2) is 12.3 Å². The zero-order chi connectivity index (χ0) is 12.7. The van der Waals surface area contributed by atoms with Crippen LogP contribution in [0.5, 0.6) is 0 Å². The van der Waals surface area contributed by atoms with E-state index in [1.54, 1.807) is 13.8 Å². The quantitative estimate of drug-likeness (QED) is 0.329. The van der Waals surface area contributed by atoms with Gasteiger partial charge in [-0.25, -0.2) is 4.79 Å². The van der Waals surface area contributed by atoms with E-state index >= 15 is 0 Å². The first-order valence-corrected chi connectivity index (χ1v) is 5.28. The van der Waals surface area contributed by atoms with Gasteiger partial charge in [0.1, 0.15) is 0 Å². The van der Waals surface area contributed by atoms with Crippen molar-refractivity contribution < 1.29 is 19.3 Å². The molecule has 0 spiro atoms. The van der Waals surface area contributed by atoms with E-state index in [1.807, 2.05) is 30.3 Å². The molecule has 17 heavy (non-hydrogen) atoms. The summed E-state index contributed by atoms with van der Waals surface area (Å²) in [5.74, 6) is -0.597. The van der Waals surface area contributed by atoms with E-state index in [-0.39, 0.29) is 5.57 Å². The summed E-state index contributed by atoms with van der Waals surface area (Å²) in [6.45, 7) is 7.02. The number of ether oxygens (including phenoxy) is 1. The lowest BCUT2D eigenvalue weighted by Gasteiger charge is -2.12. The highest BCUT2D eigenvalue weighted by atomic mass is 17.2. The van der Waals surface area contributed by atoms with Crippen LogP contribution in [0.1, 0.15) is 19.4 Å². The lowest BCUT2D eigenvalue weighted by atomic mass is 10.2. The van der Waals surface area contributed by atoms with Crippen molar-refractivity contribution in [3.05, 3.63) is 48.0 Å². The predicted molar refractivity (Wildman–Crippen MR) is 62.7 cm³/mol. The van der Waals surface area contributed by atoms with Gasteiger partial charge in [-0.05, 0) is 19.4 Å². The molecule has 1 rings (SSSR count). The zero-order valence-corrected chi connectivity index (χ0v) is 10.0. The third-order valence-electron chi connectivity index (χ3n) is 1.94. The molecule has 0 heterocycles. The maximum Gasteiger partial charge on any atom is 0.368 e. The summed E-state index contributed by atoms with van der Waals surface area (Å²) in [6.07, 6.45) is -0.626. The molecule has 0 amide bonds. The van der Waals surface area contributed by atoms with Gasteiger partial charge in [-0.1, -0.05) is 36.9 Å². The van der Waals surface area contributed by atoms with E-state index in [0.29, 0.717) is 6.61 Å². The Labute approximate surface area is 101 Å². The molecule has 92 valence electrons. The second-order valence-corrected chi connectivity index (χ2v) is 3.61. The van der Waals surface area contributed by atoms with Gasteiger partial charge in [0.15, 0.2) is 0 Å². The van der Waals surface area contributed by atoms with Gasteiger partial charge in [0.25, 0.3) is 0 Å². The molecule has 0 aliphatic carbocycles. The topological polar surface area (TPSA) is 44.8 Å². The Balaban J connectivity index is 2.24. The average molecular weight is 236 g/mol. The molecule has 1 aromatic rings. The highest BCUT2D eigenvalue weighted by molar-refractivity contribution is 5.86. The van der Waals surface area contributed by atoms with E-state index in [0.717, 1.165) is 5.56 Å². The molecular weight excluding hydrogens is 220 g/mol. The van der Waals surface area contributed by atoms with Crippen LogP contribution in [0.25, 0.3) is 0 Å². The number of rotatable bonds is 6. The minimum Gasteiger partial charge on any atom is -0.344 e. The van der Waals surface area contributed by atoms with Crippen molar-refractivity contribution in [2.75, 3.05) is 0 Å². The monoisotopic (exact) mass is 236 g/mol. The van der Waals surface area contributed by atoms with Crippen molar-refractivity contribution in [3.63, 3.8) is 0 Å². The molecule has 0 fully saturated rings. The van der Waals surface area contributed by atoms with Crippen molar-refractivity contribution in [1.29, 1.82) is 0 Å². The second kappa shape index (κ2) is 6.83. The highest BCUT2D eigenvalue weighted by Crippen LogP contribution is 2.05. The number of hydrogen-bond acceptors (Lipinski definition) is 4. The van der Waals surface area contributed by atoms with E-state index in [9.17, 15) is 4.79 Å². The first kappa shape index (κ1) is 13.4. The van der Waals surface area contributed by atoms with Crippen LogP contribution < -0.4 is 0 Å². The Kier molecular flexibility index (Phi) is 5.39. The first-order chi connectivity index (χ1) is 8.09. The molecule has 1 aromatic carbocycles. The van der Waals surface area contributed by atoms with Gasteiger partial charge in [-0.3, -0.25) is 4.89 Å². The number of carbonyl (C=O) groups excluding carboxylic acids is 1. The first-order valence-electron chi connectivity index (χ1n) is 5.28. The molecule has 1 unspecified atom stereocenters. The van der Waals surface area contributed by atoms with Gasteiger partial charge in [-0.2, -0.15) is 4.89 Å². The fraction of sp³-hybridized carbons (Fsp3) is 0.308. The molecule has 0 bridgehead atoms. The normalized spacial score (nSPS) is 11.9. The molecule has 0 N–H and O–H groups in total. The van der Waals surface area contributed by atoms with Crippen LogP contribution in [0.2, 0.25) is 0 Å². The van der Waals surface area contributed by atoms with Crippen molar-refractivity contribution in [1.82, 2.24) is 0 Å². The Morgan fingerprint density at radius 1 is 1.35 bits per heavy atom. The van der Waals surface area contributed by atoms with Crippen LogP contribution in [0.3, 0.4) is 0 Å². The fourth-order valence-corrected chi connectivity index (χ4v) is 0.998. The van der Waals surface area contributed by atoms with E-state index in [1.165, 1.54) is 0 Å². The van der Waals surface area contributed by atoms with E-state index in [4.69, 9.17) is 9.62 Å². The highest BCUT2D eigenvalue weighted by Gasteiger charge is 2.09. The van der Waals surface area contributed by atoms with Gasteiger partial charge in [-0.15, -0.1) is 0 Å². The summed E-state index contributed by atoms with van der Waals surface area (Å²) in [5, 5.41) is 0. The molecule has 0 aliphatic rings. The molecule has 0 saturated heterocycles. The number of carbonyl (C=O) groups is 1. The summed E-state index contributed by atoms with van der Waals surface area (Å²) in [6, 6.07) is 9.65. The second-order valence-electron chi connectivity index (χ2n) is 3.61. The van der Waals surface area contributed by atoms with Gasteiger partial charge in [0, 0.05) is 5.57 Å². The smallest absolute Gasteiger partial charge is 0.344 e. The van der Waals surface area contributed by atoms with Crippen LogP contribution in [0.4, 0.5) is 0 Å². The summed E-state index contributed by atoms with van der Waals surface area (Å²) >= 11 is 0. The molecule has 1 atom stereocenters. The van der Waals surface area contributed by atoms with Crippen LogP contribution >= 0.6 is 0 Å². The minimum absolute atomic E-state index is 0.278. The maximum absolute atomic E-state index is 11.0. The molecular formula is C13H16O4. The van der Waals surface area contributed by atoms with Crippen LogP contribution in [0, 0.1) is 0 Å². The van der Waals surface area contributed by atoms with Crippen LogP contribution in [-0.2, 0) is 25.9 Å². The Morgan fingerprint density at radius 3 is 2.59 bits per heavy atom. The molecule has 4 heteroatoms. The lowest BCUT2D eigenvalue weighted by Crippen LogP contribution is -2.16. The minimum atomic E-state index is -0.626. The van der Waals surface area contributed by atoms with Gasteiger partial charge < -0.3 is 4.74 Å². The van der Waals surface area contributed by atoms with E-state index < -0.39 is 12.3 Å². The standard InChI is InChI=1S/C13H16O4/c1-10(2)13(14)17-16-11(3)15-9-12-7-5-4-6-8-12/h4-8,11H,1,9H2,2-3H3. The third-order valence-corrected chi connectivity index (χ3v) is 1.94. The molecule has 0 aromatic heterocycles. The maximum atomic E-state index is 11.0. The van der Waals surface area contributed by atoms with Gasteiger partial charge in [0.2, 0.25) is 6.29 Å². The largest absolute Gasteiger partial charge is 0.368 e. The van der Waals surface area contributed by atoms with Gasteiger partial charge >= 0.3 is 5.97 Å². The summed E-state index contributed by atoms with van der Waals surface area (Å²) in [7, 11) is 0. The predicted octanol–water partition coefficient (Wildman–Crippen LogP) is 2.60. The Hall–Kier alpha value is -1.65. The van der Waals surface area contributed by atoms with E-state index in [2.05, 4.69) is 11.5 Å². The van der Waals surface area contributed by atoms with Crippen molar-refractivity contribution in [3.8, 4) is 0 Å². The van der Waals surface area contributed by atoms with Crippen molar-refractivity contribution in [2.24, 2.45) is 0 Å².